The molecular weight excluding hydrogens is 504 g/mol. The van der Waals surface area contributed by atoms with E-state index in [-0.39, 0.29) is 37.3 Å². The maximum atomic E-state index is 13.5. The number of anilines is 1. The van der Waals surface area contributed by atoms with Gasteiger partial charge in [0.05, 0.1) is 31.0 Å². The molecule has 1 aliphatic heterocycles. The normalized spacial score (nSPS) is 14.2. The molecule has 4 rings (SSSR count). The van der Waals surface area contributed by atoms with Crippen molar-refractivity contribution in [1.82, 2.24) is 5.32 Å². The van der Waals surface area contributed by atoms with Crippen LogP contribution in [0.4, 0.5) is 5.69 Å². The number of nitrogens with zero attached hydrogens (tertiary/aromatic N) is 1. The van der Waals surface area contributed by atoms with Gasteiger partial charge in [-0.2, -0.15) is 0 Å². The summed E-state index contributed by atoms with van der Waals surface area (Å²) in [6.07, 6.45) is 1.74. The van der Waals surface area contributed by atoms with Crippen LogP contribution >= 0.6 is 0 Å². The number of piperidine rings is 1. The second-order valence-electron chi connectivity index (χ2n) is 9.25. The third-order valence-electron chi connectivity index (χ3n) is 6.46. The second-order valence-corrected chi connectivity index (χ2v) is 11.3. The van der Waals surface area contributed by atoms with Crippen LogP contribution in [0.5, 0.6) is 5.75 Å². The molecule has 0 aromatic heterocycles. The van der Waals surface area contributed by atoms with Gasteiger partial charge >= 0.3 is 5.97 Å². The van der Waals surface area contributed by atoms with Gasteiger partial charge in [0, 0.05) is 5.56 Å². The zero-order valence-electron chi connectivity index (χ0n) is 21.5. The second kappa shape index (κ2) is 12.3. The van der Waals surface area contributed by atoms with Crippen molar-refractivity contribution in [1.29, 1.82) is 5.41 Å². The van der Waals surface area contributed by atoms with Gasteiger partial charge in [0.25, 0.3) is 0 Å². The van der Waals surface area contributed by atoms with Crippen LogP contribution in [0.2, 0.25) is 0 Å². The summed E-state index contributed by atoms with van der Waals surface area (Å²) in [7, 11) is -3.87. The Morgan fingerprint density at radius 3 is 2.45 bits per heavy atom. The Morgan fingerprint density at radius 1 is 1.05 bits per heavy atom. The summed E-state index contributed by atoms with van der Waals surface area (Å²) in [6.45, 7) is 3.77. The predicted octanol–water partition coefficient (Wildman–Crippen LogP) is 3.54. The van der Waals surface area contributed by atoms with Crippen molar-refractivity contribution >= 4 is 38.3 Å². The van der Waals surface area contributed by atoms with Crippen LogP contribution in [0.25, 0.3) is 10.8 Å². The fourth-order valence-corrected chi connectivity index (χ4v) is 5.86. The minimum absolute atomic E-state index is 0.0349. The van der Waals surface area contributed by atoms with E-state index in [2.05, 4.69) is 5.32 Å². The maximum Gasteiger partial charge on any atom is 0.306 e. The lowest BCUT2D eigenvalue weighted by molar-refractivity contribution is -0.142. The largest absolute Gasteiger partial charge is 0.490 e. The molecule has 0 unspecified atom stereocenters. The molecule has 0 bridgehead atoms. The topological polar surface area (TPSA) is 135 Å². The van der Waals surface area contributed by atoms with Crippen molar-refractivity contribution in [2.45, 2.75) is 38.8 Å². The van der Waals surface area contributed by atoms with Crippen LogP contribution in [0.15, 0.2) is 60.7 Å². The number of rotatable bonds is 11. The van der Waals surface area contributed by atoms with Gasteiger partial charge in [-0.25, -0.2) is 8.42 Å². The lowest BCUT2D eigenvalue weighted by Gasteiger charge is -2.26. The molecule has 3 aromatic carbocycles. The molecule has 1 aliphatic rings. The zero-order chi connectivity index (χ0) is 27.1. The van der Waals surface area contributed by atoms with Crippen molar-refractivity contribution in [2.75, 3.05) is 29.8 Å². The summed E-state index contributed by atoms with van der Waals surface area (Å²) in [4.78, 5) is 11.9. The van der Waals surface area contributed by atoms with Crippen LogP contribution < -0.4 is 20.1 Å². The van der Waals surface area contributed by atoms with Crippen LogP contribution in [0.1, 0.15) is 37.3 Å². The standard InChI is InChI=1S/C28H34N4O5S/c1-2-36-27(33)13-16-38(34,35)32(24-7-9-25(10-8-24)37-26-11-14-31-15-12-26)19-20-3-4-21-5-6-22(28(29)30)18-23(21)17-20/h3-10,17-18,26,31H,2,11-16,19H2,1H3,(H3,29,30). The smallest absolute Gasteiger partial charge is 0.306 e. The Bertz CT molecular complexity index is 1390. The van der Waals surface area contributed by atoms with Gasteiger partial charge in [0.15, 0.2) is 0 Å². The SMILES string of the molecule is CCOC(=O)CCS(=O)(=O)N(Cc1ccc2ccc(C(=N)N)cc2c1)c1ccc(OC2CCNCC2)cc1. The fourth-order valence-electron chi connectivity index (χ4n) is 4.43. The summed E-state index contributed by atoms with van der Waals surface area (Å²) in [5, 5.41) is 12.8. The first-order valence-electron chi connectivity index (χ1n) is 12.8. The van der Waals surface area contributed by atoms with E-state index >= 15 is 0 Å². The number of hydrogen-bond acceptors (Lipinski definition) is 7. The molecule has 1 saturated heterocycles. The molecule has 0 saturated carbocycles. The average Bonchev–Trinajstić information content (AvgIpc) is 2.91. The summed E-state index contributed by atoms with van der Waals surface area (Å²) in [5.41, 5.74) is 7.48. The van der Waals surface area contributed by atoms with Gasteiger partial charge in [-0.15, -0.1) is 0 Å². The van der Waals surface area contributed by atoms with Crippen LogP contribution in [0.3, 0.4) is 0 Å². The molecule has 0 spiro atoms. The Labute approximate surface area is 223 Å². The molecule has 0 atom stereocenters. The lowest BCUT2D eigenvalue weighted by atomic mass is 10.0. The molecular formula is C28H34N4O5S. The summed E-state index contributed by atoms with van der Waals surface area (Å²) in [6, 6.07) is 18.2. The molecule has 3 aromatic rings. The molecule has 0 amide bonds. The maximum absolute atomic E-state index is 13.5. The van der Waals surface area contributed by atoms with Crippen molar-refractivity contribution < 1.29 is 22.7 Å². The fraction of sp³-hybridized carbons (Fsp3) is 0.357. The van der Waals surface area contributed by atoms with E-state index in [1.165, 1.54) is 4.31 Å². The van der Waals surface area contributed by atoms with Gasteiger partial charge in [0.2, 0.25) is 10.0 Å². The number of nitrogens with one attached hydrogen (secondary N) is 2. The molecule has 202 valence electrons. The number of hydrogen-bond donors (Lipinski definition) is 3. The van der Waals surface area contributed by atoms with E-state index in [1.54, 1.807) is 37.3 Å². The van der Waals surface area contributed by atoms with Gasteiger partial charge in [0.1, 0.15) is 17.7 Å². The first-order valence-corrected chi connectivity index (χ1v) is 14.4. The van der Waals surface area contributed by atoms with Crippen LogP contribution in [0, 0.1) is 5.41 Å². The molecule has 10 heteroatoms. The average molecular weight is 539 g/mol. The van der Waals surface area contributed by atoms with Crippen molar-refractivity contribution in [3.05, 3.63) is 71.8 Å². The van der Waals surface area contributed by atoms with E-state index in [0.29, 0.717) is 17.0 Å². The number of nitrogen functional groups attached to an aromatic ring is 1. The highest BCUT2D eigenvalue weighted by Crippen LogP contribution is 2.27. The predicted molar refractivity (Wildman–Crippen MR) is 149 cm³/mol. The highest BCUT2D eigenvalue weighted by molar-refractivity contribution is 7.92. The number of esters is 1. The van der Waals surface area contributed by atoms with Crippen molar-refractivity contribution in [3.8, 4) is 5.75 Å². The van der Waals surface area contributed by atoms with Crippen LogP contribution in [-0.4, -0.2) is 51.8 Å². The van der Waals surface area contributed by atoms with Gasteiger partial charge in [-0.1, -0.05) is 24.3 Å². The molecule has 1 heterocycles. The number of nitrogens with two attached hydrogens (primary N) is 1. The number of fused-ring (bicyclic) bond motifs is 1. The number of benzene rings is 3. The first kappa shape index (κ1) is 27.4. The minimum atomic E-state index is -3.87. The molecule has 38 heavy (non-hydrogen) atoms. The van der Waals surface area contributed by atoms with Gasteiger partial charge in [-0.05, 0) is 85.6 Å². The number of amidine groups is 1. The van der Waals surface area contributed by atoms with E-state index < -0.39 is 16.0 Å². The van der Waals surface area contributed by atoms with E-state index in [4.69, 9.17) is 20.6 Å². The van der Waals surface area contributed by atoms with Crippen molar-refractivity contribution in [2.24, 2.45) is 5.73 Å². The lowest BCUT2D eigenvalue weighted by Crippen LogP contribution is -2.34. The number of carbonyl (C=O) groups excluding carboxylic acids is 1. The quantitative estimate of drug-likeness (QED) is 0.193. The Morgan fingerprint density at radius 2 is 1.76 bits per heavy atom. The molecule has 0 radical (unpaired) electrons. The Balaban J connectivity index is 1.61. The third-order valence-corrected chi connectivity index (χ3v) is 8.19. The summed E-state index contributed by atoms with van der Waals surface area (Å²) in [5.74, 6) is -0.273. The van der Waals surface area contributed by atoms with Gasteiger partial charge < -0.3 is 20.5 Å². The first-order chi connectivity index (χ1) is 18.2. The Hall–Kier alpha value is -3.63. The Kier molecular flexibility index (Phi) is 8.85. The highest BCUT2D eigenvalue weighted by Gasteiger charge is 2.25. The third kappa shape index (κ3) is 7.02. The molecule has 0 aliphatic carbocycles. The highest BCUT2D eigenvalue weighted by atomic mass is 32.2. The summed E-state index contributed by atoms with van der Waals surface area (Å²) < 4.78 is 39.3. The number of sulfonamides is 1. The van der Waals surface area contributed by atoms with Crippen LogP contribution in [-0.2, 0) is 26.1 Å². The molecule has 9 nitrogen and oxygen atoms in total. The van der Waals surface area contributed by atoms with E-state index in [0.717, 1.165) is 42.3 Å². The van der Waals surface area contributed by atoms with E-state index in [1.807, 2.05) is 30.3 Å². The van der Waals surface area contributed by atoms with Crippen molar-refractivity contribution in [3.63, 3.8) is 0 Å². The van der Waals surface area contributed by atoms with E-state index in [9.17, 15) is 13.2 Å². The minimum Gasteiger partial charge on any atom is -0.490 e. The summed E-state index contributed by atoms with van der Waals surface area (Å²) >= 11 is 0. The monoisotopic (exact) mass is 538 g/mol. The molecule has 1 fully saturated rings. The zero-order valence-corrected chi connectivity index (χ0v) is 22.3. The number of carbonyl (C=O) groups is 1. The number of ether oxygens (including phenoxy) is 2. The molecule has 4 N–H and O–H groups in total. The van der Waals surface area contributed by atoms with Gasteiger partial charge in [-0.3, -0.25) is 14.5 Å².